The largest absolute Gasteiger partial charge is 0.256 e. The standard InChI is InChI=1S/C21H22N2/c1-13-11-17-19-15-7-2-5-14(6-3-8-15)18(19)12-23-21(17)16-9-4-10-22-20(13)16/h4,9-12,14-15H,2-3,5-8H2,1H3. The summed E-state index contributed by atoms with van der Waals surface area (Å²) < 4.78 is 0. The molecule has 0 spiro atoms. The van der Waals surface area contributed by atoms with Gasteiger partial charge in [0, 0.05) is 23.2 Å². The van der Waals surface area contributed by atoms with Gasteiger partial charge in [0.15, 0.2) is 0 Å². The zero-order valence-electron chi connectivity index (χ0n) is 13.7. The molecule has 0 saturated heterocycles. The molecule has 3 aromatic rings. The molecule has 2 nitrogen and oxygen atoms in total. The van der Waals surface area contributed by atoms with Crippen molar-refractivity contribution in [2.24, 2.45) is 0 Å². The third-order valence-electron chi connectivity index (χ3n) is 6.04. The van der Waals surface area contributed by atoms with Crippen LogP contribution in [0.4, 0.5) is 0 Å². The van der Waals surface area contributed by atoms with Crippen LogP contribution in [-0.2, 0) is 0 Å². The molecule has 2 heterocycles. The molecule has 0 saturated carbocycles. The van der Waals surface area contributed by atoms with E-state index in [4.69, 9.17) is 4.98 Å². The third kappa shape index (κ3) is 1.94. The van der Waals surface area contributed by atoms with E-state index in [0.29, 0.717) is 0 Å². The van der Waals surface area contributed by atoms with E-state index in [9.17, 15) is 0 Å². The Morgan fingerprint density at radius 2 is 1.70 bits per heavy atom. The third-order valence-corrected chi connectivity index (χ3v) is 6.04. The average molecular weight is 302 g/mol. The summed E-state index contributed by atoms with van der Waals surface area (Å²) >= 11 is 0. The molecule has 2 aliphatic rings. The first-order valence-corrected chi connectivity index (χ1v) is 9.00. The van der Waals surface area contributed by atoms with Crippen molar-refractivity contribution in [3.63, 3.8) is 0 Å². The highest BCUT2D eigenvalue weighted by Crippen LogP contribution is 2.47. The van der Waals surface area contributed by atoms with Gasteiger partial charge in [-0.05, 0) is 79.3 Å². The summed E-state index contributed by atoms with van der Waals surface area (Å²) in [6, 6.07) is 6.57. The molecule has 0 atom stereocenters. The minimum Gasteiger partial charge on any atom is -0.256 e. The molecule has 2 heteroatoms. The Hall–Kier alpha value is -1.96. The van der Waals surface area contributed by atoms with Gasteiger partial charge in [-0.1, -0.05) is 12.8 Å². The maximum absolute atomic E-state index is 4.93. The zero-order chi connectivity index (χ0) is 15.4. The number of hydrogen-bond donors (Lipinski definition) is 0. The van der Waals surface area contributed by atoms with Crippen LogP contribution in [0.25, 0.3) is 21.8 Å². The molecular weight excluding hydrogens is 280 g/mol. The summed E-state index contributed by atoms with van der Waals surface area (Å²) in [4.78, 5) is 9.51. The van der Waals surface area contributed by atoms with Gasteiger partial charge in [0.2, 0.25) is 0 Å². The fraction of sp³-hybridized carbons (Fsp3) is 0.429. The van der Waals surface area contributed by atoms with E-state index in [-0.39, 0.29) is 0 Å². The Labute approximate surface area is 137 Å². The van der Waals surface area contributed by atoms with Gasteiger partial charge in [-0.3, -0.25) is 9.97 Å². The highest BCUT2D eigenvalue weighted by Gasteiger charge is 2.30. The topological polar surface area (TPSA) is 25.8 Å². The van der Waals surface area contributed by atoms with Crippen LogP contribution in [0.5, 0.6) is 0 Å². The van der Waals surface area contributed by atoms with Crippen LogP contribution < -0.4 is 0 Å². The van der Waals surface area contributed by atoms with Crippen LogP contribution in [-0.4, -0.2) is 9.97 Å². The van der Waals surface area contributed by atoms with Gasteiger partial charge < -0.3 is 0 Å². The van der Waals surface area contributed by atoms with Crippen LogP contribution in [0, 0.1) is 6.92 Å². The molecular formula is C21H22N2. The fourth-order valence-electron chi connectivity index (χ4n) is 5.00. The van der Waals surface area contributed by atoms with E-state index in [1.54, 1.807) is 11.1 Å². The van der Waals surface area contributed by atoms with Crippen molar-refractivity contribution in [3.05, 3.63) is 47.3 Å². The summed E-state index contributed by atoms with van der Waals surface area (Å²) in [5, 5.41) is 2.61. The molecule has 0 N–H and O–H groups in total. The number of aryl methyl sites for hydroxylation is 1. The molecule has 0 amide bonds. The lowest BCUT2D eigenvalue weighted by Gasteiger charge is -2.19. The number of fused-ring (bicyclic) bond motifs is 3. The van der Waals surface area contributed by atoms with Gasteiger partial charge in [0.05, 0.1) is 11.0 Å². The molecule has 0 unspecified atom stereocenters. The van der Waals surface area contributed by atoms with E-state index >= 15 is 0 Å². The van der Waals surface area contributed by atoms with E-state index in [2.05, 4.69) is 30.2 Å². The Morgan fingerprint density at radius 3 is 2.52 bits per heavy atom. The average Bonchev–Trinajstić information content (AvgIpc) is 2.83. The Balaban J connectivity index is 1.92. The highest BCUT2D eigenvalue weighted by molar-refractivity contribution is 6.06. The Bertz CT molecular complexity index is 902. The first-order chi connectivity index (χ1) is 11.3. The molecule has 0 radical (unpaired) electrons. The first kappa shape index (κ1) is 13.5. The van der Waals surface area contributed by atoms with Crippen molar-refractivity contribution in [1.29, 1.82) is 0 Å². The quantitative estimate of drug-likeness (QED) is 0.503. The lowest BCUT2D eigenvalue weighted by Crippen LogP contribution is -2.02. The monoisotopic (exact) mass is 302 g/mol. The van der Waals surface area contributed by atoms with Gasteiger partial charge in [-0.2, -0.15) is 0 Å². The highest BCUT2D eigenvalue weighted by atomic mass is 14.7. The van der Waals surface area contributed by atoms with E-state index < -0.39 is 0 Å². The molecule has 116 valence electrons. The summed E-state index contributed by atoms with van der Waals surface area (Å²) in [6.45, 7) is 2.19. The summed E-state index contributed by atoms with van der Waals surface area (Å²) in [5.74, 6) is 1.47. The summed E-state index contributed by atoms with van der Waals surface area (Å²) in [5.41, 5.74) is 6.72. The minimum atomic E-state index is 0.733. The van der Waals surface area contributed by atoms with Gasteiger partial charge in [0.1, 0.15) is 0 Å². The number of pyridine rings is 2. The number of aromatic nitrogens is 2. The van der Waals surface area contributed by atoms with Crippen LogP contribution >= 0.6 is 0 Å². The molecule has 2 aromatic heterocycles. The van der Waals surface area contributed by atoms with E-state index in [0.717, 1.165) is 22.9 Å². The molecule has 2 bridgehead atoms. The SMILES string of the molecule is Cc1cc2c3c(cnc2c2cccnc12)C1CCCC3CCC1. The van der Waals surface area contributed by atoms with E-state index in [1.165, 1.54) is 54.9 Å². The smallest absolute Gasteiger partial charge is 0.0799 e. The predicted molar refractivity (Wildman–Crippen MR) is 95.0 cm³/mol. The molecule has 1 aromatic carbocycles. The normalized spacial score (nSPS) is 23.7. The minimum absolute atomic E-state index is 0.733. The lowest BCUT2D eigenvalue weighted by atomic mass is 9.87. The Morgan fingerprint density at radius 1 is 0.913 bits per heavy atom. The molecule has 2 aliphatic carbocycles. The predicted octanol–water partition coefficient (Wildman–Crippen LogP) is 5.63. The van der Waals surface area contributed by atoms with Crippen LogP contribution in [0.1, 0.15) is 67.1 Å². The van der Waals surface area contributed by atoms with Crippen LogP contribution in [0.2, 0.25) is 0 Å². The lowest BCUT2D eigenvalue weighted by molar-refractivity contribution is 0.452. The van der Waals surface area contributed by atoms with Crippen molar-refractivity contribution < 1.29 is 0 Å². The van der Waals surface area contributed by atoms with Gasteiger partial charge in [0.25, 0.3) is 0 Å². The fourth-order valence-corrected chi connectivity index (χ4v) is 5.00. The van der Waals surface area contributed by atoms with Crippen molar-refractivity contribution in [2.45, 2.75) is 57.3 Å². The van der Waals surface area contributed by atoms with Gasteiger partial charge >= 0.3 is 0 Å². The number of hydrogen-bond acceptors (Lipinski definition) is 2. The van der Waals surface area contributed by atoms with Crippen molar-refractivity contribution in [3.8, 4) is 0 Å². The Kier molecular flexibility index (Phi) is 2.94. The van der Waals surface area contributed by atoms with Crippen molar-refractivity contribution in [2.75, 3.05) is 0 Å². The number of rotatable bonds is 0. The maximum atomic E-state index is 4.93. The maximum Gasteiger partial charge on any atom is 0.0799 e. The zero-order valence-corrected chi connectivity index (χ0v) is 13.7. The second-order valence-corrected chi connectivity index (χ2v) is 7.37. The van der Waals surface area contributed by atoms with Crippen molar-refractivity contribution >= 4 is 21.8 Å². The molecule has 0 fully saturated rings. The van der Waals surface area contributed by atoms with Gasteiger partial charge in [-0.25, -0.2) is 0 Å². The van der Waals surface area contributed by atoms with Crippen molar-refractivity contribution in [1.82, 2.24) is 9.97 Å². The first-order valence-electron chi connectivity index (χ1n) is 9.00. The van der Waals surface area contributed by atoms with E-state index in [1.807, 2.05) is 12.3 Å². The second-order valence-electron chi connectivity index (χ2n) is 7.37. The van der Waals surface area contributed by atoms with Gasteiger partial charge in [-0.15, -0.1) is 0 Å². The summed E-state index contributed by atoms with van der Waals surface area (Å²) in [7, 11) is 0. The molecule has 0 aliphatic heterocycles. The van der Waals surface area contributed by atoms with Crippen LogP contribution in [0.15, 0.2) is 30.6 Å². The second kappa shape index (κ2) is 5.02. The van der Waals surface area contributed by atoms with Crippen LogP contribution in [0.3, 0.4) is 0 Å². The number of nitrogens with zero attached hydrogens (tertiary/aromatic N) is 2. The molecule has 23 heavy (non-hydrogen) atoms. The molecule has 5 rings (SSSR count). The number of benzene rings is 1. The summed E-state index contributed by atoms with van der Waals surface area (Å²) in [6.07, 6.45) is 12.2.